The van der Waals surface area contributed by atoms with Crippen LogP contribution in [0, 0.1) is 0 Å². The van der Waals surface area contributed by atoms with Crippen molar-refractivity contribution in [1.82, 2.24) is 5.32 Å². The lowest BCUT2D eigenvalue weighted by molar-refractivity contribution is -0.122. The third-order valence-electron chi connectivity index (χ3n) is 11.0. The van der Waals surface area contributed by atoms with Crippen LogP contribution in [0.15, 0.2) is 133 Å². The molecule has 3 aliphatic rings. The molecule has 9 heteroatoms. The molecular formula is C46H35Cl2N3O4. The maximum absolute atomic E-state index is 14.7. The van der Waals surface area contributed by atoms with E-state index in [9.17, 15) is 14.4 Å². The van der Waals surface area contributed by atoms with E-state index >= 15 is 0 Å². The second-order valence-corrected chi connectivity index (χ2v) is 15.0. The number of imide groups is 2. The number of rotatable bonds is 7. The molecule has 6 aromatic rings. The van der Waals surface area contributed by atoms with Crippen molar-refractivity contribution >= 4 is 69.3 Å². The van der Waals surface area contributed by atoms with Gasteiger partial charge in [-0.05, 0) is 82.3 Å². The van der Waals surface area contributed by atoms with Crippen molar-refractivity contribution in [3.05, 3.63) is 176 Å². The molecule has 0 aromatic heterocycles. The lowest BCUT2D eigenvalue weighted by Crippen LogP contribution is -2.54. The van der Waals surface area contributed by atoms with Gasteiger partial charge in [0.25, 0.3) is 11.8 Å². The zero-order valence-electron chi connectivity index (χ0n) is 29.7. The molecule has 3 heterocycles. The van der Waals surface area contributed by atoms with Crippen molar-refractivity contribution in [3.63, 3.8) is 0 Å². The van der Waals surface area contributed by atoms with Crippen LogP contribution in [-0.4, -0.2) is 30.9 Å². The molecule has 6 aromatic carbocycles. The minimum atomic E-state index is -0.790. The molecule has 9 rings (SSSR count). The van der Waals surface area contributed by atoms with Crippen LogP contribution in [0.5, 0.6) is 5.75 Å². The van der Waals surface area contributed by atoms with Crippen molar-refractivity contribution in [2.75, 3.05) is 22.9 Å². The highest BCUT2D eigenvalue weighted by Crippen LogP contribution is 2.50. The summed E-state index contributed by atoms with van der Waals surface area (Å²) in [5.74, 6) is -0.928. The molecule has 0 radical (unpaired) electrons. The molecular weight excluding hydrogens is 729 g/mol. The van der Waals surface area contributed by atoms with Gasteiger partial charge in [-0.1, -0.05) is 120 Å². The number of hydrogen-bond donors (Lipinski definition) is 1. The van der Waals surface area contributed by atoms with Crippen molar-refractivity contribution in [2.45, 2.75) is 31.3 Å². The van der Waals surface area contributed by atoms with Crippen molar-refractivity contribution in [3.8, 4) is 5.75 Å². The first-order chi connectivity index (χ1) is 26.8. The average molecular weight is 765 g/mol. The Hall–Kier alpha value is -5.89. The fraction of sp³-hybridized carbons (Fsp3) is 0.152. The molecule has 3 aliphatic heterocycles. The second-order valence-electron chi connectivity index (χ2n) is 14.1. The highest BCUT2D eigenvalue weighted by atomic mass is 35.5. The van der Waals surface area contributed by atoms with Crippen molar-refractivity contribution < 1.29 is 19.1 Å². The SMILES string of the molecule is O=C1NC(=O)N(c2cc3c4c(c2)[C@H](c2ccccc2)CCN4CC[C@H]3c2ccccc2)C(=O)/C1=C/c1c(OCc2ccc(Cl)cc2Cl)ccc2ccccc12. The lowest BCUT2D eigenvalue weighted by Gasteiger charge is -2.44. The van der Waals surface area contributed by atoms with Crippen LogP contribution in [0.2, 0.25) is 10.0 Å². The van der Waals surface area contributed by atoms with Crippen LogP contribution in [0.3, 0.4) is 0 Å². The number of fused-ring (bicyclic) bond motifs is 1. The predicted molar refractivity (Wildman–Crippen MR) is 218 cm³/mol. The van der Waals surface area contributed by atoms with Gasteiger partial charge in [-0.25, -0.2) is 9.69 Å². The number of ether oxygens (including phenoxy) is 1. The summed E-state index contributed by atoms with van der Waals surface area (Å²) in [7, 11) is 0. The standard InChI is InChI=1S/C46H35Cl2N3O4/c47-32-17-15-31(41(48)23-32)27-55-42-18-16-30-13-7-8-14-34(30)37(42)26-40-44(52)49-46(54)51(45(40)53)33-24-38-35(28-9-3-1-4-10-28)19-21-50-22-20-36(39(25-33)43(38)50)29-11-5-2-6-12-29/h1-18,23-26,35-36H,19-22,27H2,(H,49,52,54)/b40-26+/t35-,36-/m0/s1. The Morgan fingerprint density at radius 1 is 0.727 bits per heavy atom. The maximum Gasteiger partial charge on any atom is 0.335 e. The van der Waals surface area contributed by atoms with Crippen molar-refractivity contribution in [1.29, 1.82) is 0 Å². The number of nitrogens with one attached hydrogen (secondary N) is 1. The van der Waals surface area contributed by atoms with Gasteiger partial charge in [0, 0.05) is 51.8 Å². The van der Waals surface area contributed by atoms with Gasteiger partial charge in [-0.15, -0.1) is 0 Å². The van der Waals surface area contributed by atoms with Crippen LogP contribution in [0.25, 0.3) is 16.8 Å². The normalized spacial score (nSPS) is 18.7. The summed E-state index contributed by atoms with van der Waals surface area (Å²) in [5, 5.41) is 5.10. The summed E-state index contributed by atoms with van der Waals surface area (Å²) < 4.78 is 6.31. The summed E-state index contributed by atoms with van der Waals surface area (Å²) in [6.07, 6.45) is 3.32. The molecule has 272 valence electrons. The van der Waals surface area contributed by atoms with Gasteiger partial charge in [0.05, 0.1) is 5.69 Å². The molecule has 0 unspecified atom stereocenters. The molecule has 0 spiro atoms. The molecule has 2 atom stereocenters. The molecule has 4 amide bonds. The van der Waals surface area contributed by atoms with Gasteiger partial charge < -0.3 is 9.64 Å². The Morgan fingerprint density at radius 2 is 1.36 bits per heavy atom. The first kappa shape index (κ1) is 34.9. The van der Waals surface area contributed by atoms with E-state index in [2.05, 4.69) is 34.5 Å². The second kappa shape index (κ2) is 14.4. The minimum absolute atomic E-state index is 0.0600. The number of nitrogens with zero attached hydrogens (tertiary/aromatic N) is 2. The fourth-order valence-electron chi connectivity index (χ4n) is 8.35. The third-order valence-corrected chi connectivity index (χ3v) is 11.6. The summed E-state index contributed by atoms with van der Waals surface area (Å²) in [4.78, 5) is 45.8. The summed E-state index contributed by atoms with van der Waals surface area (Å²) >= 11 is 12.6. The van der Waals surface area contributed by atoms with Gasteiger partial charge in [0.1, 0.15) is 17.9 Å². The van der Waals surface area contributed by atoms with E-state index in [1.54, 1.807) is 24.3 Å². The van der Waals surface area contributed by atoms with E-state index in [1.807, 2.05) is 78.9 Å². The highest BCUT2D eigenvalue weighted by molar-refractivity contribution is 6.39. The summed E-state index contributed by atoms with van der Waals surface area (Å²) in [6, 6.07) is 40.5. The number of halogens is 2. The van der Waals surface area contributed by atoms with Gasteiger partial charge in [0.15, 0.2) is 0 Å². The van der Waals surface area contributed by atoms with E-state index in [0.29, 0.717) is 27.0 Å². The molecule has 1 saturated heterocycles. The maximum atomic E-state index is 14.7. The molecule has 55 heavy (non-hydrogen) atoms. The first-order valence-electron chi connectivity index (χ1n) is 18.4. The average Bonchev–Trinajstić information content (AvgIpc) is 3.20. The van der Waals surface area contributed by atoms with Crippen LogP contribution in [-0.2, 0) is 16.2 Å². The van der Waals surface area contributed by atoms with Gasteiger partial charge >= 0.3 is 6.03 Å². The molecule has 0 aliphatic carbocycles. The molecule has 1 N–H and O–H groups in total. The lowest BCUT2D eigenvalue weighted by atomic mass is 9.76. The van der Waals surface area contributed by atoms with E-state index in [-0.39, 0.29) is 24.0 Å². The Kier molecular flexibility index (Phi) is 9.12. The molecule has 0 saturated carbocycles. The zero-order valence-corrected chi connectivity index (χ0v) is 31.2. The Labute approximate surface area is 328 Å². The predicted octanol–water partition coefficient (Wildman–Crippen LogP) is 10.3. The smallest absolute Gasteiger partial charge is 0.335 e. The van der Waals surface area contributed by atoms with Crippen LogP contribution in [0.1, 0.15) is 58.1 Å². The summed E-state index contributed by atoms with van der Waals surface area (Å²) in [6.45, 7) is 1.94. The molecule has 0 bridgehead atoms. The highest BCUT2D eigenvalue weighted by Gasteiger charge is 2.41. The number of anilines is 2. The van der Waals surface area contributed by atoms with Crippen LogP contribution < -0.4 is 19.9 Å². The number of amides is 4. The monoisotopic (exact) mass is 763 g/mol. The summed E-state index contributed by atoms with van der Waals surface area (Å²) in [5.41, 5.74) is 7.15. The fourth-order valence-corrected chi connectivity index (χ4v) is 8.81. The third kappa shape index (κ3) is 6.43. The first-order valence-corrected chi connectivity index (χ1v) is 19.1. The van der Waals surface area contributed by atoms with E-state index < -0.39 is 17.8 Å². The largest absolute Gasteiger partial charge is 0.488 e. The molecule has 7 nitrogen and oxygen atoms in total. The van der Waals surface area contributed by atoms with Crippen LogP contribution in [0.4, 0.5) is 16.2 Å². The number of hydrogen-bond acceptors (Lipinski definition) is 5. The number of benzene rings is 6. The Bertz CT molecular complexity index is 2470. The number of urea groups is 1. The number of carbonyl (C=O) groups excluding carboxylic acids is 3. The van der Waals surface area contributed by atoms with E-state index in [0.717, 1.165) is 58.3 Å². The van der Waals surface area contributed by atoms with Crippen LogP contribution >= 0.6 is 23.2 Å². The quantitative estimate of drug-likeness (QED) is 0.129. The zero-order chi connectivity index (χ0) is 37.6. The van der Waals surface area contributed by atoms with Gasteiger partial charge in [-0.3, -0.25) is 14.9 Å². The number of carbonyl (C=O) groups is 3. The van der Waals surface area contributed by atoms with Crippen molar-refractivity contribution in [2.24, 2.45) is 0 Å². The van der Waals surface area contributed by atoms with E-state index in [1.165, 1.54) is 22.9 Å². The van der Waals surface area contributed by atoms with Gasteiger partial charge in [0.2, 0.25) is 0 Å². The van der Waals surface area contributed by atoms with Gasteiger partial charge in [-0.2, -0.15) is 0 Å². The Balaban J connectivity index is 1.16. The van der Waals surface area contributed by atoms with E-state index in [4.69, 9.17) is 27.9 Å². The molecule has 1 fully saturated rings. The topological polar surface area (TPSA) is 79.0 Å². The number of barbiturate groups is 1. The minimum Gasteiger partial charge on any atom is -0.488 e. The Morgan fingerprint density at radius 3 is 2.02 bits per heavy atom.